The lowest BCUT2D eigenvalue weighted by Crippen LogP contribution is -2.49. The van der Waals surface area contributed by atoms with Crippen molar-refractivity contribution in [1.29, 1.82) is 0 Å². The van der Waals surface area contributed by atoms with Gasteiger partial charge in [0.05, 0.1) is 0 Å². The summed E-state index contributed by atoms with van der Waals surface area (Å²) in [6, 6.07) is 11.0. The average molecular weight is 478 g/mol. The number of hydrogen-bond acceptors (Lipinski definition) is 4. The van der Waals surface area contributed by atoms with Gasteiger partial charge in [-0.1, -0.05) is 47.5 Å². The van der Waals surface area contributed by atoms with E-state index in [9.17, 15) is 9.59 Å². The van der Waals surface area contributed by atoms with Gasteiger partial charge in [0.15, 0.2) is 11.7 Å². The Morgan fingerprint density at radius 2 is 1.86 bits per heavy atom. The molecule has 6 nitrogen and oxygen atoms in total. The number of amides is 2. The molecule has 3 N–H and O–H groups in total. The lowest BCUT2D eigenvalue weighted by molar-refractivity contribution is -0.121. The number of ether oxygens (including phenoxy) is 1. The predicted octanol–water partition coefficient (Wildman–Crippen LogP) is 3.90. The summed E-state index contributed by atoms with van der Waals surface area (Å²) >= 11 is 8.56. The molecule has 2 aromatic rings. The first kappa shape index (κ1) is 22.8. The molecule has 0 saturated heterocycles. The van der Waals surface area contributed by atoms with Gasteiger partial charge >= 0.3 is 0 Å². The van der Waals surface area contributed by atoms with Crippen molar-refractivity contribution in [1.82, 2.24) is 16.2 Å². The molecule has 2 rings (SSSR count). The van der Waals surface area contributed by atoms with E-state index >= 15 is 0 Å². The third-order valence-electron chi connectivity index (χ3n) is 4.09. The Labute approximate surface area is 184 Å². The van der Waals surface area contributed by atoms with Crippen LogP contribution < -0.4 is 20.9 Å². The largest absolute Gasteiger partial charge is 0.483 e. The van der Waals surface area contributed by atoms with Gasteiger partial charge in [-0.15, -0.1) is 0 Å². The summed E-state index contributed by atoms with van der Waals surface area (Å²) in [4.78, 5) is 24.2. The molecule has 0 atom stereocenters. The molecule has 0 fully saturated rings. The van der Waals surface area contributed by atoms with E-state index in [0.29, 0.717) is 11.3 Å². The zero-order chi connectivity index (χ0) is 21.6. The minimum absolute atomic E-state index is 0.0179. The first-order valence-electron chi connectivity index (χ1n) is 9.07. The summed E-state index contributed by atoms with van der Waals surface area (Å²) < 4.78 is 6.69. The summed E-state index contributed by atoms with van der Waals surface area (Å²) in [5.74, 6) is 0.114. The number of nitrogens with one attached hydrogen (secondary N) is 3. The van der Waals surface area contributed by atoms with Gasteiger partial charge < -0.3 is 4.74 Å². The van der Waals surface area contributed by atoms with E-state index in [-0.39, 0.29) is 23.5 Å². The molecule has 0 aliphatic heterocycles. The minimum atomic E-state index is -0.428. The molecule has 0 unspecified atom stereocenters. The minimum Gasteiger partial charge on any atom is -0.483 e. The van der Waals surface area contributed by atoms with Gasteiger partial charge in [0.25, 0.3) is 11.8 Å². The number of carbonyl (C=O) groups is 2. The van der Waals surface area contributed by atoms with Crippen molar-refractivity contribution in [3.63, 3.8) is 0 Å². The fourth-order valence-electron chi connectivity index (χ4n) is 2.56. The maximum absolute atomic E-state index is 12.1. The second-order valence-corrected chi connectivity index (χ2v) is 8.17. The van der Waals surface area contributed by atoms with Crippen molar-refractivity contribution in [3.05, 3.63) is 63.1 Å². The molecule has 154 valence electrons. The zero-order valence-corrected chi connectivity index (χ0v) is 19.2. The molecule has 0 aliphatic rings. The fraction of sp³-hybridized carbons (Fsp3) is 0.286. The number of carbonyl (C=O) groups excluding carboxylic acids is 2. The molecule has 2 aromatic carbocycles. The molecule has 0 aromatic heterocycles. The van der Waals surface area contributed by atoms with Crippen molar-refractivity contribution in [2.24, 2.45) is 0 Å². The molecule has 29 heavy (non-hydrogen) atoms. The van der Waals surface area contributed by atoms with E-state index in [2.05, 4.69) is 45.9 Å². The maximum atomic E-state index is 12.1. The van der Waals surface area contributed by atoms with Crippen molar-refractivity contribution >= 4 is 45.1 Å². The Morgan fingerprint density at radius 3 is 2.52 bits per heavy atom. The monoisotopic (exact) mass is 477 g/mol. The van der Waals surface area contributed by atoms with Crippen LogP contribution in [0.3, 0.4) is 0 Å². The van der Waals surface area contributed by atoms with Crippen molar-refractivity contribution in [3.8, 4) is 5.75 Å². The summed E-state index contributed by atoms with van der Waals surface area (Å²) in [5.41, 5.74) is 8.44. The molecular formula is C21H24BrN3O3S. The number of thiocarbonyl (C=S) groups is 1. The molecule has 0 aliphatic carbocycles. The normalized spacial score (nSPS) is 10.4. The highest BCUT2D eigenvalue weighted by Gasteiger charge is 2.13. The van der Waals surface area contributed by atoms with Crippen molar-refractivity contribution < 1.29 is 14.3 Å². The second kappa shape index (κ2) is 10.4. The third-order valence-corrected chi connectivity index (χ3v) is 5.15. The Hall–Kier alpha value is -2.45. The number of rotatable bonds is 5. The van der Waals surface area contributed by atoms with Crippen LogP contribution in [0, 0.1) is 13.8 Å². The summed E-state index contributed by atoms with van der Waals surface area (Å²) in [6.45, 7) is 7.76. The van der Waals surface area contributed by atoms with E-state index < -0.39 is 5.91 Å². The van der Waals surface area contributed by atoms with Crippen LogP contribution in [0.2, 0.25) is 0 Å². The molecule has 2 amide bonds. The Kier molecular flexibility index (Phi) is 8.16. The fourth-order valence-corrected chi connectivity index (χ4v) is 3.08. The summed E-state index contributed by atoms with van der Waals surface area (Å²) in [6.07, 6.45) is 0. The average Bonchev–Trinajstić information content (AvgIpc) is 2.66. The van der Waals surface area contributed by atoms with E-state index in [4.69, 9.17) is 17.0 Å². The van der Waals surface area contributed by atoms with Crippen LogP contribution in [-0.2, 0) is 4.79 Å². The van der Waals surface area contributed by atoms with Gasteiger partial charge in [-0.05, 0) is 67.4 Å². The Balaban J connectivity index is 1.86. The van der Waals surface area contributed by atoms with E-state index in [1.807, 2.05) is 32.0 Å². The smallest absolute Gasteiger partial charge is 0.269 e. The predicted molar refractivity (Wildman–Crippen MR) is 121 cm³/mol. The van der Waals surface area contributed by atoms with Crippen molar-refractivity contribution in [2.75, 3.05) is 6.61 Å². The lowest BCUT2D eigenvalue weighted by Gasteiger charge is -2.16. The zero-order valence-electron chi connectivity index (χ0n) is 16.8. The molecule has 0 spiro atoms. The van der Waals surface area contributed by atoms with Crippen LogP contribution in [0.1, 0.15) is 46.8 Å². The lowest BCUT2D eigenvalue weighted by atomic mass is 10.0. The highest BCUT2D eigenvalue weighted by atomic mass is 79.9. The highest BCUT2D eigenvalue weighted by Crippen LogP contribution is 2.32. The first-order chi connectivity index (χ1) is 13.7. The molecule has 0 bridgehead atoms. The number of hydrogen-bond donors (Lipinski definition) is 3. The van der Waals surface area contributed by atoms with Gasteiger partial charge in [0, 0.05) is 10.0 Å². The van der Waals surface area contributed by atoms with E-state index in [1.54, 1.807) is 18.2 Å². The molecular weight excluding hydrogens is 454 g/mol. The summed E-state index contributed by atoms with van der Waals surface area (Å²) in [7, 11) is 0. The molecule has 0 heterocycles. The molecule has 0 saturated carbocycles. The first-order valence-corrected chi connectivity index (χ1v) is 10.3. The summed E-state index contributed by atoms with van der Waals surface area (Å²) in [5, 5.41) is 2.46. The standard InChI is InChI=1S/C21H24BrN3O3S/c1-12(2)16-10-17(22)14(4)9-18(16)28-11-19(26)23-21(29)25-24-20(27)15-7-5-6-13(3)8-15/h5-10,12H,11H2,1-4H3,(H,24,27)(H2,23,25,26,29). The number of aryl methyl sites for hydroxylation is 2. The van der Waals surface area contributed by atoms with Crippen LogP contribution in [0.5, 0.6) is 5.75 Å². The van der Waals surface area contributed by atoms with Gasteiger partial charge in [0.2, 0.25) is 0 Å². The van der Waals surface area contributed by atoms with E-state index in [0.717, 1.165) is 21.2 Å². The molecule has 8 heteroatoms. The number of hydrazine groups is 1. The highest BCUT2D eigenvalue weighted by molar-refractivity contribution is 9.10. The SMILES string of the molecule is Cc1cccc(C(=O)NNC(=S)NC(=O)COc2cc(C)c(Br)cc2C(C)C)c1. The van der Waals surface area contributed by atoms with Gasteiger partial charge in [0.1, 0.15) is 5.75 Å². The Morgan fingerprint density at radius 1 is 1.14 bits per heavy atom. The van der Waals surface area contributed by atoms with Gasteiger partial charge in [-0.2, -0.15) is 0 Å². The van der Waals surface area contributed by atoms with Crippen LogP contribution >= 0.6 is 28.1 Å². The third kappa shape index (κ3) is 6.83. The number of benzene rings is 2. The van der Waals surface area contributed by atoms with Crippen molar-refractivity contribution in [2.45, 2.75) is 33.6 Å². The quantitative estimate of drug-likeness (QED) is 0.449. The maximum Gasteiger partial charge on any atom is 0.269 e. The second-order valence-electron chi connectivity index (χ2n) is 6.91. The van der Waals surface area contributed by atoms with Gasteiger partial charge in [-0.3, -0.25) is 25.8 Å². The Bertz CT molecular complexity index is 931. The van der Waals surface area contributed by atoms with Gasteiger partial charge in [-0.25, -0.2) is 0 Å². The topological polar surface area (TPSA) is 79.5 Å². The van der Waals surface area contributed by atoms with Crippen LogP contribution in [0.25, 0.3) is 0 Å². The van der Waals surface area contributed by atoms with Crippen LogP contribution in [0.15, 0.2) is 40.9 Å². The van der Waals surface area contributed by atoms with E-state index in [1.165, 1.54) is 0 Å². The number of halogens is 1. The van der Waals surface area contributed by atoms with Crippen LogP contribution in [0.4, 0.5) is 0 Å². The van der Waals surface area contributed by atoms with Crippen LogP contribution in [-0.4, -0.2) is 23.5 Å². The molecule has 0 radical (unpaired) electrons.